The van der Waals surface area contributed by atoms with Gasteiger partial charge in [-0.3, -0.25) is 9.10 Å². The second-order valence-corrected chi connectivity index (χ2v) is 8.39. The third kappa shape index (κ3) is 4.88. The van der Waals surface area contributed by atoms with Gasteiger partial charge in [-0.1, -0.05) is 11.6 Å². The van der Waals surface area contributed by atoms with Gasteiger partial charge in [0.05, 0.1) is 21.2 Å². The van der Waals surface area contributed by atoms with Crippen LogP contribution in [0.15, 0.2) is 52.3 Å². The zero-order valence-corrected chi connectivity index (χ0v) is 16.1. The molecule has 5 nitrogen and oxygen atoms in total. The maximum absolute atomic E-state index is 13.0. The largest absolute Gasteiger partial charge is 0.480 e. The Morgan fingerprint density at radius 1 is 1.19 bits per heavy atom. The van der Waals surface area contributed by atoms with E-state index in [0.717, 1.165) is 11.0 Å². The van der Waals surface area contributed by atoms with Crippen LogP contribution in [-0.2, 0) is 21.0 Å². The van der Waals surface area contributed by atoms with Crippen molar-refractivity contribution in [2.24, 2.45) is 0 Å². The molecular formula is C16H13ClF3NO4S2. The fraction of sp³-hybridized carbons (Fsp3) is 0.188. The summed E-state index contributed by atoms with van der Waals surface area (Å²) < 4.78 is 65.1. The molecule has 2 aromatic carbocycles. The molecule has 0 aliphatic rings. The van der Waals surface area contributed by atoms with Gasteiger partial charge in [-0.2, -0.15) is 13.2 Å². The normalized spacial score (nSPS) is 12.0. The minimum Gasteiger partial charge on any atom is -0.480 e. The standard InChI is InChI=1S/C16H13ClF3NO4S2/c1-26-11-3-5-12(6-4-11)27(24,25)21(9-15(22)23)14-8-10(16(18,19)20)2-7-13(14)17/h2-8H,9H2,1H3,(H,22,23). The lowest BCUT2D eigenvalue weighted by molar-refractivity contribution is -0.137. The smallest absolute Gasteiger partial charge is 0.416 e. The zero-order chi connectivity index (χ0) is 20.4. The van der Waals surface area contributed by atoms with E-state index >= 15 is 0 Å². The molecule has 0 aliphatic heterocycles. The number of benzene rings is 2. The predicted molar refractivity (Wildman–Crippen MR) is 96.8 cm³/mol. The van der Waals surface area contributed by atoms with E-state index in [9.17, 15) is 26.4 Å². The fourth-order valence-electron chi connectivity index (χ4n) is 2.18. The highest BCUT2D eigenvalue weighted by molar-refractivity contribution is 7.98. The number of hydrogen-bond acceptors (Lipinski definition) is 4. The molecule has 2 aromatic rings. The van der Waals surface area contributed by atoms with Crippen LogP contribution in [-0.4, -0.2) is 32.3 Å². The maximum atomic E-state index is 13.0. The van der Waals surface area contributed by atoms with Crippen LogP contribution in [0.4, 0.5) is 18.9 Å². The van der Waals surface area contributed by atoms with Crippen molar-refractivity contribution in [2.75, 3.05) is 17.1 Å². The van der Waals surface area contributed by atoms with E-state index < -0.39 is 40.0 Å². The highest BCUT2D eigenvalue weighted by atomic mass is 35.5. The van der Waals surface area contributed by atoms with Gasteiger partial charge in [-0.15, -0.1) is 11.8 Å². The number of nitrogens with zero attached hydrogens (tertiary/aromatic N) is 1. The van der Waals surface area contributed by atoms with Crippen molar-refractivity contribution in [1.82, 2.24) is 0 Å². The molecule has 0 saturated heterocycles. The lowest BCUT2D eigenvalue weighted by atomic mass is 10.2. The predicted octanol–water partition coefficient (Wildman–Crippen LogP) is 4.36. The van der Waals surface area contributed by atoms with Crippen LogP contribution < -0.4 is 4.31 Å². The summed E-state index contributed by atoms with van der Waals surface area (Å²) in [6, 6.07) is 7.58. The van der Waals surface area contributed by atoms with Crippen molar-refractivity contribution in [3.63, 3.8) is 0 Å². The van der Waals surface area contributed by atoms with Crippen LogP contribution in [0.3, 0.4) is 0 Å². The van der Waals surface area contributed by atoms with Crippen LogP contribution in [0.5, 0.6) is 0 Å². The first-order valence-corrected chi connectivity index (χ1v) is 10.3. The van der Waals surface area contributed by atoms with Crippen LogP contribution in [0.25, 0.3) is 0 Å². The molecule has 0 amide bonds. The second-order valence-electron chi connectivity index (χ2n) is 5.24. The summed E-state index contributed by atoms with van der Waals surface area (Å²) in [6.07, 6.45) is -2.97. The van der Waals surface area contributed by atoms with E-state index in [4.69, 9.17) is 16.7 Å². The molecule has 27 heavy (non-hydrogen) atoms. The Kier molecular flexibility index (Phi) is 6.33. The Labute approximate surface area is 162 Å². The van der Waals surface area contributed by atoms with Gasteiger partial charge in [0.15, 0.2) is 0 Å². The number of hydrogen-bond donors (Lipinski definition) is 1. The van der Waals surface area contributed by atoms with Gasteiger partial charge >= 0.3 is 12.1 Å². The summed E-state index contributed by atoms with van der Waals surface area (Å²) in [4.78, 5) is 11.7. The number of carboxylic acids is 1. The number of halogens is 4. The molecular weight excluding hydrogens is 427 g/mol. The molecule has 2 rings (SSSR count). The van der Waals surface area contributed by atoms with Crippen molar-refractivity contribution < 1.29 is 31.5 Å². The van der Waals surface area contributed by atoms with Gasteiger partial charge in [-0.25, -0.2) is 8.42 Å². The third-order valence-electron chi connectivity index (χ3n) is 3.47. The summed E-state index contributed by atoms with van der Waals surface area (Å²) in [5.41, 5.74) is -1.71. The van der Waals surface area contributed by atoms with Crippen LogP contribution in [0.1, 0.15) is 5.56 Å². The molecule has 0 unspecified atom stereocenters. The number of thioether (sulfide) groups is 1. The third-order valence-corrected chi connectivity index (χ3v) is 6.31. The quantitative estimate of drug-likeness (QED) is 0.677. The van der Waals surface area contributed by atoms with Gasteiger partial charge in [-0.05, 0) is 48.7 Å². The Bertz CT molecular complexity index is 947. The van der Waals surface area contributed by atoms with Gasteiger partial charge in [0.2, 0.25) is 0 Å². The number of carboxylic acid groups (broad SMARTS) is 1. The summed E-state index contributed by atoms with van der Waals surface area (Å²) in [6.45, 7) is -1.09. The molecule has 0 heterocycles. The van der Waals surface area contributed by atoms with Gasteiger partial charge in [0.1, 0.15) is 6.54 Å². The molecule has 11 heteroatoms. The molecule has 0 spiro atoms. The topological polar surface area (TPSA) is 74.7 Å². The highest BCUT2D eigenvalue weighted by Crippen LogP contribution is 2.37. The second kappa shape index (κ2) is 7.99. The van der Waals surface area contributed by atoms with Crippen LogP contribution in [0, 0.1) is 0 Å². The first-order valence-electron chi connectivity index (χ1n) is 7.22. The number of sulfonamides is 1. The van der Waals surface area contributed by atoms with E-state index in [1.165, 1.54) is 36.0 Å². The summed E-state index contributed by atoms with van der Waals surface area (Å²) in [5, 5.41) is 8.76. The highest BCUT2D eigenvalue weighted by Gasteiger charge is 2.34. The first kappa shape index (κ1) is 21.4. The van der Waals surface area contributed by atoms with Gasteiger partial charge < -0.3 is 5.11 Å². The van der Waals surface area contributed by atoms with Crippen molar-refractivity contribution >= 4 is 45.0 Å². The minimum absolute atomic E-state index is 0.268. The van der Waals surface area contributed by atoms with Crippen molar-refractivity contribution in [3.05, 3.63) is 53.1 Å². The van der Waals surface area contributed by atoms with Crippen molar-refractivity contribution in [2.45, 2.75) is 16.0 Å². The molecule has 0 bridgehead atoms. The van der Waals surface area contributed by atoms with Gasteiger partial charge in [0.25, 0.3) is 10.0 Å². The van der Waals surface area contributed by atoms with Crippen LogP contribution in [0.2, 0.25) is 5.02 Å². The Morgan fingerprint density at radius 2 is 1.78 bits per heavy atom. The first-order chi connectivity index (χ1) is 12.5. The van der Waals surface area contributed by atoms with E-state index in [1.807, 2.05) is 0 Å². The lowest BCUT2D eigenvalue weighted by Crippen LogP contribution is -2.36. The average molecular weight is 440 g/mol. The SMILES string of the molecule is CSc1ccc(S(=O)(=O)N(CC(=O)O)c2cc(C(F)(F)F)ccc2Cl)cc1. The fourth-order valence-corrected chi connectivity index (χ4v) is 4.28. The lowest BCUT2D eigenvalue weighted by Gasteiger charge is -2.24. The molecule has 146 valence electrons. The van der Waals surface area contributed by atoms with E-state index in [2.05, 4.69) is 0 Å². The molecule has 0 radical (unpaired) electrons. The molecule has 0 saturated carbocycles. The molecule has 0 fully saturated rings. The number of alkyl halides is 3. The van der Waals surface area contributed by atoms with E-state index in [1.54, 1.807) is 6.26 Å². The average Bonchev–Trinajstić information content (AvgIpc) is 2.59. The van der Waals surface area contributed by atoms with Crippen molar-refractivity contribution in [3.8, 4) is 0 Å². The van der Waals surface area contributed by atoms with Crippen LogP contribution >= 0.6 is 23.4 Å². The minimum atomic E-state index is -4.75. The molecule has 0 aliphatic carbocycles. The monoisotopic (exact) mass is 439 g/mol. The Balaban J connectivity index is 2.63. The summed E-state index contributed by atoms with van der Waals surface area (Å²) >= 11 is 7.26. The number of aliphatic carboxylic acids is 1. The van der Waals surface area contributed by atoms with E-state index in [-0.39, 0.29) is 9.92 Å². The number of anilines is 1. The number of carbonyl (C=O) groups is 1. The Hall–Kier alpha value is -1.91. The molecule has 1 N–H and O–H groups in total. The Morgan fingerprint density at radius 3 is 2.26 bits per heavy atom. The number of rotatable bonds is 6. The van der Waals surface area contributed by atoms with Gasteiger partial charge in [0, 0.05) is 4.90 Å². The molecule has 0 atom stereocenters. The maximum Gasteiger partial charge on any atom is 0.416 e. The summed E-state index contributed by atoms with van der Waals surface area (Å²) in [7, 11) is -4.47. The zero-order valence-electron chi connectivity index (χ0n) is 13.7. The molecule has 0 aromatic heterocycles. The van der Waals surface area contributed by atoms with Crippen molar-refractivity contribution in [1.29, 1.82) is 0 Å². The summed E-state index contributed by atoms with van der Waals surface area (Å²) in [5.74, 6) is -1.55. The van der Waals surface area contributed by atoms with E-state index in [0.29, 0.717) is 16.4 Å².